The molecule has 0 radical (unpaired) electrons. The Balaban J connectivity index is 1.62. The molecule has 29 heavy (non-hydrogen) atoms. The summed E-state index contributed by atoms with van der Waals surface area (Å²) in [6.45, 7) is 0.652. The summed E-state index contributed by atoms with van der Waals surface area (Å²) in [6.07, 6.45) is -3.41. The van der Waals surface area contributed by atoms with Gasteiger partial charge in [0.25, 0.3) is 0 Å². The fourth-order valence-electron chi connectivity index (χ4n) is 3.69. The second-order valence-corrected chi connectivity index (χ2v) is 6.93. The number of carbonyl (C=O) groups is 1. The minimum absolute atomic E-state index is 0.291. The number of aromatic nitrogens is 1. The van der Waals surface area contributed by atoms with Gasteiger partial charge < -0.3 is 10.6 Å². The third kappa shape index (κ3) is 3.81. The van der Waals surface area contributed by atoms with Crippen molar-refractivity contribution in [1.29, 1.82) is 0 Å². The first-order valence-corrected chi connectivity index (χ1v) is 9.14. The van der Waals surface area contributed by atoms with E-state index in [1.807, 2.05) is 23.1 Å². The number of fused-ring (bicyclic) bond motifs is 1. The Hall–Kier alpha value is -3.35. The van der Waals surface area contributed by atoms with E-state index in [9.17, 15) is 18.0 Å². The summed E-state index contributed by atoms with van der Waals surface area (Å²) >= 11 is 0. The van der Waals surface area contributed by atoms with Crippen LogP contribution < -0.4 is 10.6 Å². The Morgan fingerprint density at radius 1 is 1.07 bits per heavy atom. The van der Waals surface area contributed by atoms with Crippen molar-refractivity contribution < 1.29 is 18.0 Å². The highest BCUT2D eigenvalue weighted by atomic mass is 19.4. The summed E-state index contributed by atoms with van der Waals surface area (Å²) in [4.78, 5) is 18.3. The number of hydrogen-bond acceptors (Lipinski definition) is 3. The molecule has 4 rings (SSSR count). The van der Waals surface area contributed by atoms with Crippen LogP contribution in [0.2, 0.25) is 0 Å². The van der Waals surface area contributed by atoms with Crippen molar-refractivity contribution in [1.82, 2.24) is 4.98 Å². The summed E-state index contributed by atoms with van der Waals surface area (Å²) in [7, 11) is 0. The summed E-state index contributed by atoms with van der Waals surface area (Å²) in [5.74, 6) is 0.227. The van der Waals surface area contributed by atoms with E-state index in [2.05, 4.69) is 4.98 Å². The van der Waals surface area contributed by atoms with E-state index in [-0.39, 0.29) is 0 Å². The Morgan fingerprint density at radius 2 is 1.83 bits per heavy atom. The molecule has 0 saturated heterocycles. The van der Waals surface area contributed by atoms with E-state index in [1.54, 1.807) is 24.3 Å². The van der Waals surface area contributed by atoms with Gasteiger partial charge in [-0.05, 0) is 47.9 Å². The highest BCUT2D eigenvalue weighted by Crippen LogP contribution is 2.35. The number of pyridine rings is 1. The molecule has 3 aromatic rings. The standard InChI is InChI=1S/C22H18F3N3O/c23-22(24,25)15-5-1-4-14(12-15)13-16-6-2-9-20(27-16)28-11-10-17-18(21(26)29)7-3-8-19(17)28/h1-9,12H,10-11,13H2,(H2,26,29). The molecule has 1 aromatic heterocycles. The summed E-state index contributed by atoms with van der Waals surface area (Å²) in [5.41, 5.74) is 8.29. The van der Waals surface area contributed by atoms with Gasteiger partial charge in [-0.15, -0.1) is 0 Å². The fraction of sp³-hybridized carbons (Fsp3) is 0.182. The SMILES string of the molecule is NC(=O)c1cccc2c1CCN2c1cccc(Cc2cccc(C(F)(F)F)c2)n1. The van der Waals surface area contributed by atoms with Crippen LogP contribution in [0.3, 0.4) is 0 Å². The Kier molecular flexibility index (Phi) is 4.74. The van der Waals surface area contributed by atoms with E-state index in [0.717, 1.165) is 23.4 Å². The van der Waals surface area contributed by atoms with Crippen LogP contribution in [0.1, 0.15) is 32.7 Å². The van der Waals surface area contributed by atoms with E-state index in [0.29, 0.717) is 42.0 Å². The van der Waals surface area contributed by atoms with Gasteiger partial charge in [-0.2, -0.15) is 13.2 Å². The first kappa shape index (κ1) is 19.0. The second-order valence-electron chi connectivity index (χ2n) is 6.93. The van der Waals surface area contributed by atoms with Crippen LogP contribution in [0.15, 0.2) is 60.7 Å². The zero-order valence-electron chi connectivity index (χ0n) is 15.4. The molecule has 148 valence electrons. The van der Waals surface area contributed by atoms with E-state index in [4.69, 9.17) is 5.73 Å². The van der Waals surface area contributed by atoms with Gasteiger partial charge in [-0.3, -0.25) is 4.79 Å². The number of primary amides is 1. The molecule has 0 spiro atoms. The molecule has 2 aromatic carbocycles. The Morgan fingerprint density at radius 3 is 2.59 bits per heavy atom. The third-order valence-corrected chi connectivity index (χ3v) is 5.00. The van der Waals surface area contributed by atoms with Gasteiger partial charge in [-0.1, -0.05) is 30.3 Å². The molecule has 1 amide bonds. The number of amides is 1. The van der Waals surface area contributed by atoms with Crippen LogP contribution >= 0.6 is 0 Å². The first-order chi connectivity index (χ1) is 13.8. The van der Waals surface area contributed by atoms with Crippen LogP contribution in [-0.2, 0) is 19.0 Å². The van der Waals surface area contributed by atoms with E-state index < -0.39 is 17.6 Å². The van der Waals surface area contributed by atoms with E-state index in [1.165, 1.54) is 6.07 Å². The molecule has 0 atom stereocenters. The van der Waals surface area contributed by atoms with Crippen LogP contribution in [0, 0.1) is 0 Å². The Bertz CT molecular complexity index is 1080. The highest BCUT2D eigenvalue weighted by Gasteiger charge is 2.30. The first-order valence-electron chi connectivity index (χ1n) is 9.14. The minimum Gasteiger partial charge on any atom is -0.366 e. The number of nitrogens with zero attached hydrogens (tertiary/aromatic N) is 2. The van der Waals surface area contributed by atoms with Crippen molar-refractivity contribution in [3.05, 3.63) is 88.6 Å². The molecule has 1 aliphatic heterocycles. The van der Waals surface area contributed by atoms with Crippen LogP contribution in [-0.4, -0.2) is 17.4 Å². The molecule has 0 fully saturated rings. The zero-order chi connectivity index (χ0) is 20.6. The number of rotatable bonds is 4. The number of carbonyl (C=O) groups excluding carboxylic acids is 1. The zero-order valence-corrected chi connectivity index (χ0v) is 15.4. The lowest BCUT2D eigenvalue weighted by atomic mass is 10.0. The predicted molar refractivity (Wildman–Crippen MR) is 104 cm³/mol. The number of nitrogens with two attached hydrogens (primary N) is 1. The maximum Gasteiger partial charge on any atom is 0.416 e. The van der Waals surface area contributed by atoms with Crippen molar-refractivity contribution in [3.63, 3.8) is 0 Å². The lowest BCUT2D eigenvalue weighted by molar-refractivity contribution is -0.137. The van der Waals surface area contributed by atoms with Gasteiger partial charge in [0.05, 0.1) is 5.56 Å². The number of anilines is 2. The molecule has 2 N–H and O–H groups in total. The number of benzene rings is 2. The topological polar surface area (TPSA) is 59.2 Å². The normalized spacial score (nSPS) is 13.4. The number of halogens is 3. The molecule has 0 unspecified atom stereocenters. The van der Waals surface area contributed by atoms with Gasteiger partial charge in [0.15, 0.2) is 0 Å². The van der Waals surface area contributed by atoms with Crippen molar-refractivity contribution >= 4 is 17.4 Å². The smallest absolute Gasteiger partial charge is 0.366 e. The summed E-state index contributed by atoms with van der Waals surface area (Å²) < 4.78 is 38.9. The monoisotopic (exact) mass is 397 g/mol. The molecule has 2 heterocycles. The molecule has 0 bridgehead atoms. The average Bonchev–Trinajstić information content (AvgIpc) is 3.12. The molecule has 4 nitrogen and oxygen atoms in total. The summed E-state index contributed by atoms with van der Waals surface area (Å²) in [6, 6.07) is 16.2. The molecular weight excluding hydrogens is 379 g/mol. The van der Waals surface area contributed by atoms with Gasteiger partial charge in [-0.25, -0.2) is 4.98 Å². The molecule has 1 aliphatic rings. The Labute approximate surface area is 165 Å². The van der Waals surface area contributed by atoms with Crippen LogP contribution in [0.4, 0.5) is 24.7 Å². The van der Waals surface area contributed by atoms with Crippen LogP contribution in [0.25, 0.3) is 0 Å². The quantitative estimate of drug-likeness (QED) is 0.706. The van der Waals surface area contributed by atoms with Crippen molar-refractivity contribution in [2.24, 2.45) is 5.73 Å². The molecular formula is C22H18F3N3O. The molecule has 0 aliphatic carbocycles. The van der Waals surface area contributed by atoms with Gasteiger partial charge in [0.2, 0.25) is 5.91 Å². The predicted octanol–water partition coefficient (Wildman–Crippen LogP) is 4.48. The minimum atomic E-state index is -4.37. The number of alkyl halides is 3. The molecule has 7 heteroatoms. The largest absolute Gasteiger partial charge is 0.416 e. The fourth-order valence-corrected chi connectivity index (χ4v) is 3.69. The molecule has 0 saturated carbocycles. The number of hydrogen-bond donors (Lipinski definition) is 1. The average molecular weight is 397 g/mol. The second kappa shape index (κ2) is 7.24. The maximum absolute atomic E-state index is 13.0. The van der Waals surface area contributed by atoms with Crippen molar-refractivity contribution in [2.45, 2.75) is 19.0 Å². The van der Waals surface area contributed by atoms with Gasteiger partial charge in [0, 0.05) is 29.9 Å². The van der Waals surface area contributed by atoms with E-state index >= 15 is 0 Å². The van der Waals surface area contributed by atoms with Crippen molar-refractivity contribution in [2.75, 3.05) is 11.4 Å². The lowest BCUT2D eigenvalue weighted by Gasteiger charge is -2.19. The van der Waals surface area contributed by atoms with Crippen LogP contribution in [0.5, 0.6) is 0 Å². The lowest BCUT2D eigenvalue weighted by Crippen LogP contribution is -2.15. The van der Waals surface area contributed by atoms with Gasteiger partial charge in [0.1, 0.15) is 5.82 Å². The highest BCUT2D eigenvalue weighted by molar-refractivity contribution is 5.96. The maximum atomic E-state index is 13.0. The third-order valence-electron chi connectivity index (χ3n) is 5.00. The van der Waals surface area contributed by atoms with Crippen molar-refractivity contribution in [3.8, 4) is 0 Å². The summed E-state index contributed by atoms with van der Waals surface area (Å²) in [5, 5.41) is 0. The van der Waals surface area contributed by atoms with Gasteiger partial charge >= 0.3 is 6.18 Å².